The van der Waals surface area contributed by atoms with Gasteiger partial charge in [0.05, 0.1) is 45.9 Å². The molecule has 1 aromatic heterocycles. The van der Waals surface area contributed by atoms with Gasteiger partial charge in [-0.05, 0) is 101 Å². The highest BCUT2D eigenvalue weighted by Crippen LogP contribution is 2.52. The lowest BCUT2D eigenvalue weighted by molar-refractivity contribution is -0.0438. The van der Waals surface area contributed by atoms with E-state index in [0.717, 1.165) is 56.4 Å². The zero-order valence-corrected chi connectivity index (χ0v) is 37.2. The SMILES string of the molecule is COc1ccc(C(OCC[C@H]2O[C@@H](n3ccc(=O)[nH]c3=O)C[C@@H]2CSC(c2ccccc2)(c2ccc(OC)cc2)c2ccc(OC)cc2)(c2ccccc2)c2ccc(OC)cc2)cc1. The average Bonchev–Trinajstić information content (AvgIpc) is 3.76. The summed E-state index contributed by atoms with van der Waals surface area (Å²) in [5.74, 6) is 3.59. The summed E-state index contributed by atoms with van der Waals surface area (Å²) in [5, 5.41) is 0. The van der Waals surface area contributed by atoms with Gasteiger partial charge in [0.25, 0.3) is 5.56 Å². The molecule has 0 saturated carbocycles. The normalized spacial score (nSPS) is 16.3. The van der Waals surface area contributed by atoms with Crippen LogP contribution in [0.2, 0.25) is 0 Å². The Labute approximate surface area is 377 Å². The van der Waals surface area contributed by atoms with Gasteiger partial charge >= 0.3 is 5.69 Å². The number of rotatable bonds is 18. The van der Waals surface area contributed by atoms with Crippen molar-refractivity contribution in [2.24, 2.45) is 5.92 Å². The van der Waals surface area contributed by atoms with Crippen LogP contribution in [0.1, 0.15) is 52.5 Å². The maximum atomic E-state index is 13.3. The minimum absolute atomic E-state index is 0.0508. The van der Waals surface area contributed by atoms with Crippen LogP contribution >= 0.6 is 11.8 Å². The molecule has 11 heteroatoms. The molecule has 0 radical (unpaired) electrons. The smallest absolute Gasteiger partial charge is 0.330 e. The van der Waals surface area contributed by atoms with Gasteiger partial charge in [0.15, 0.2) is 0 Å². The van der Waals surface area contributed by atoms with Crippen molar-refractivity contribution in [3.05, 3.63) is 224 Å². The van der Waals surface area contributed by atoms with Crippen molar-refractivity contribution >= 4 is 11.8 Å². The monoisotopic (exact) mass is 876 g/mol. The predicted molar refractivity (Wildman–Crippen MR) is 251 cm³/mol. The van der Waals surface area contributed by atoms with E-state index < -0.39 is 27.8 Å². The number of thioether (sulfide) groups is 1. The summed E-state index contributed by atoms with van der Waals surface area (Å²) in [5.41, 5.74) is 4.06. The molecule has 1 fully saturated rings. The number of nitrogens with one attached hydrogen (secondary N) is 1. The second-order valence-corrected chi connectivity index (χ2v) is 16.8. The van der Waals surface area contributed by atoms with Gasteiger partial charge in [0, 0.05) is 18.0 Å². The number of hydrogen-bond donors (Lipinski definition) is 1. The van der Waals surface area contributed by atoms with Crippen molar-refractivity contribution in [1.29, 1.82) is 0 Å². The van der Waals surface area contributed by atoms with Crippen LogP contribution < -0.4 is 30.2 Å². The number of nitrogens with zero attached hydrogens (tertiary/aromatic N) is 1. The summed E-state index contributed by atoms with van der Waals surface area (Å²) in [4.78, 5) is 27.9. The third kappa shape index (κ3) is 8.97. The Morgan fingerprint density at radius 3 is 1.45 bits per heavy atom. The lowest BCUT2D eigenvalue weighted by Gasteiger charge is -2.37. The Bertz CT molecular complexity index is 2590. The minimum Gasteiger partial charge on any atom is -0.497 e. The van der Waals surface area contributed by atoms with Gasteiger partial charge < -0.3 is 28.4 Å². The van der Waals surface area contributed by atoms with Gasteiger partial charge in [0.1, 0.15) is 34.8 Å². The van der Waals surface area contributed by atoms with E-state index in [9.17, 15) is 9.59 Å². The molecule has 8 rings (SSSR count). The third-order valence-electron chi connectivity index (χ3n) is 12.1. The maximum Gasteiger partial charge on any atom is 0.330 e. The Morgan fingerprint density at radius 2 is 1.00 bits per heavy atom. The average molecular weight is 877 g/mol. The maximum absolute atomic E-state index is 13.3. The molecule has 3 atom stereocenters. The standard InChI is InChI=1S/C53H52N2O8S/c1-58-44-23-15-39(16-24-44)52(38-11-7-5-8-12-38,40-17-25-45(59-2)26-18-40)62-34-32-48-37(35-50(63-48)55-33-31-49(56)54-51(55)57)36-64-53(41-13-9-6-10-14-41,42-19-27-46(60-3)28-20-42)43-21-29-47(61-4)30-22-43/h5-31,33,37,48,50H,32,34-36H2,1-4H3,(H,54,56,57)/t37-,48-,50-/m1/s1. The van der Waals surface area contributed by atoms with E-state index in [-0.39, 0.29) is 12.0 Å². The summed E-state index contributed by atoms with van der Waals surface area (Å²) in [7, 11) is 6.65. The second kappa shape index (κ2) is 19.9. The molecule has 10 nitrogen and oxygen atoms in total. The molecule has 1 N–H and O–H groups in total. The summed E-state index contributed by atoms with van der Waals surface area (Å²) in [6.45, 7) is 0.298. The fourth-order valence-corrected chi connectivity index (χ4v) is 10.5. The molecule has 64 heavy (non-hydrogen) atoms. The van der Waals surface area contributed by atoms with Crippen molar-refractivity contribution in [1.82, 2.24) is 9.55 Å². The van der Waals surface area contributed by atoms with E-state index in [2.05, 4.69) is 65.6 Å². The summed E-state index contributed by atoms with van der Waals surface area (Å²) < 4.78 is 37.4. The molecule has 0 unspecified atom stereocenters. The van der Waals surface area contributed by atoms with Crippen LogP contribution in [0, 0.1) is 5.92 Å². The van der Waals surface area contributed by atoms with E-state index in [1.54, 1.807) is 28.4 Å². The van der Waals surface area contributed by atoms with E-state index in [1.807, 2.05) is 109 Å². The first-order chi connectivity index (χ1) is 31.3. The fourth-order valence-electron chi connectivity index (χ4n) is 8.80. The van der Waals surface area contributed by atoms with E-state index in [0.29, 0.717) is 25.2 Å². The van der Waals surface area contributed by atoms with Crippen molar-refractivity contribution in [2.45, 2.75) is 35.5 Å². The molecule has 1 aliphatic heterocycles. The Kier molecular flexibility index (Phi) is 13.7. The highest BCUT2D eigenvalue weighted by molar-refractivity contribution is 8.00. The predicted octanol–water partition coefficient (Wildman–Crippen LogP) is 9.60. The molecule has 2 heterocycles. The second-order valence-electron chi connectivity index (χ2n) is 15.6. The number of hydrogen-bond acceptors (Lipinski definition) is 9. The van der Waals surface area contributed by atoms with Crippen LogP contribution in [0.3, 0.4) is 0 Å². The van der Waals surface area contributed by atoms with Gasteiger partial charge in [-0.2, -0.15) is 0 Å². The number of methoxy groups -OCH3 is 4. The quantitative estimate of drug-likeness (QED) is 0.0844. The van der Waals surface area contributed by atoms with E-state index >= 15 is 0 Å². The molecule has 7 aromatic rings. The fraction of sp³-hybridized carbons (Fsp3) is 0.245. The Balaban J connectivity index is 1.18. The van der Waals surface area contributed by atoms with Gasteiger partial charge in [-0.25, -0.2) is 4.79 Å². The molecule has 1 aliphatic rings. The molecule has 0 amide bonds. The van der Waals surface area contributed by atoms with Crippen LogP contribution in [0.15, 0.2) is 180 Å². The van der Waals surface area contributed by atoms with Crippen molar-refractivity contribution < 1.29 is 28.4 Å². The molecular formula is C53H52N2O8S. The molecule has 0 bridgehead atoms. The Hall–Kier alpha value is -6.53. The van der Waals surface area contributed by atoms with Gasteiger partial charge in [-0.3, -0.25) is 14.3 Å². The first-order valence-electron chi connectivity index (χ1n) is 21.2. The number of aromatic nitrogens is 2. The molecule has 1 saturated heterocycles. The largest absolute Gasteiger partial charge is 0.497 e. The van der Waals surface area contributed by atoms with Crippen LogP contribution in [0.5, 0.6) is 23.0 Å². The number of H-pyrrole nitrogens is 1. The van der Waals surface area contributed by atoms with Gasteiger partial charge in [-0.15, -0.1) is 11.8 Å². The zero-order chi connectivity index (χ0) is 44.5. The number of aromatic amines is 1. The van der Waals surface area contributed by atoms with Crippen molar-refractivity contribution in [3.8, 4) is 23.0 Å². The number of ether oxygens (including phenoxy) is 6. The lowest BCUT2D eigenvalue weighted by Crippen LogP contribution is -2.35. The molecule has 6 aromatic carbocycles. The van der Waals surface area contributed by atoms with E-state index in [1.165, 1.54) is 16.8 Å². The highest BCUT2D eigenvalue weighted by atomic mass is 32.2. The zero-order valence-electron chi connectivity index (χ0n) is 36.3. The summed E-state index contributed by atoms with van der Waals surface area (Å²) in [6, 6.07) is 54.5. The number of benzene rings is 6. The van der Waals surface area contributed by atoms with Crippen LogP contribution in [0.25, 0.3) is 0 Å². The third-order valence-corrected chi connectivity index (χ3v) is 13.8. The first kappa shape index (κ1) is 44.1. The highest BCUT2D eigenvalue weighted by Gasteiger charge is 2.43. The topological polar surface area (TPSA) is 110 Å². The van der Waals surface area contributed by atoms with Crippen molar-refractivity contribution in [2.75, 3.05) is 40.8 Å². The Morgan fingerprint density at radius 1 is 0.578 bits per heavy atom. The summed E-state index contributed by atoms with van der Waals surface area (Å²) >= 11 is 1.83. The van der Waals surface area contributed by atoms with Crippen LogP contribution in [-0.4, -0.2) is 56.5 Å². The molecule has 0 spiro atoms. The van der Waals surface area contributed by atoms with Crippen LogP contribution in [0.4, 0.5) is 0 Å². The molecule has 328 valence electrons. The minimum atomic E-state index is -1.02. The summed E-state index contributed by atoms with van der Waals surface area (Å²) in [6.07, 6.45) is 1.60. The van der Waals surface area contributed by atoms with E-state index in [4.69, 9.17) is 28.4 Å². The van der Waals surface area contributed by atoms with Crippen LogP contribution in [-0.2, 0) is 19.8 Å². The van der Waals surface area contributed by atoms with Crippen molar-refractivity contribution in [3.63, 3.8) is 0 Å². The first-order valence-corrected chi connectivity index (χ1v) is 22.2. The lowest BCUT2D eigenvalue weighted by atomic mass is 9.80. The van der Waals surface area contributed by atoms with Gasteiger partial charge in [0.2, 0.25) is 0 Å². The molecular weight excluding hydrogens is 825 g/mol. The molecule has 0 aliphatic carbocycles. The van der Waals surface area contributed by atoms with Gasteiger partial charge in [-0.1, -0.05) is 109 Å².